The average molecular weight is 353 g/mol. The molecule has 2 atom stereocenters. The van der Waals surface area contributed by atoms with Gasteiger partial charge in [0.2, 0.25) is 0 Å². The lowest BCUT2D eigenvalue weighted by atomic mass is 9.74. The Morgan fingerprint density at radius 2 is 2.15 bits per heavy atom. The number of nitrogens with zero attached hydrogens (tertiary/aromatic N) is 4. The number of aliphatic imine (C=N–C) groups is 1. The van der Waals surface area contributed by atoms with Crippen LogP contribution in [0.4, 0.5) is 5.82 Å². The second-order valence-corrected chi connectivity index (χ2v) is 6.55. The van der Waals surface area contributed by atoms with Crippen molar-refractivity contribution in [2.75, 3.05) is 6.61 Å². The SMILES string of the molecule is CCOC(=O)C1C(C(C)C)=Nc2[nH]ncc2C1c1cccc2nonc12. The normalized spacial score (nSPS) is 19.5. The number of hydrogen-bond donors (Lipinski definition) is 1. The monoisotopic (exact) mass is 353 g/mol. The molecule has 0 spiro atoms. The van der Waals surface area contributed by atoms with Gasteiger partial charge in [0.25, 0.3) is 0 Å². The number of aromatic amines is 1. The summed E-state index contributed by atoms with van der Waals surface area (Å²) in [6, 6.07) is 5.64. The fourth-order valence-corrected chi connectivity index (χ4v) is 3.56. The molecule has 0 aliphatic carbocycles. The molecule has 1 aliphatic heterocycles. The maximum Gasteiger partial charge on any atom is 0.315 e. The van der Waals surface area contributed by atoms with Gasteiger partial charge in [0, 0.05) is 17.2 Å². The summed E-state index contributed by atoms with van der Waals surface area (Å²) >= 11 is 0. The number of carbonyl (C=O) groups excluding carboxylic acids is 1. The van der Waals surface area contributed by atoms with E-state index in [1.165, 1.54) is 0 Å². The van der Waals surface area contributed by atoms with Gasteiger partial charge >= 0.3 is 5.97 Å². The third-order valence-corrected chi connectivity index (χ3v) is 4.66. The first kappa shape index (κ1) is 16.4. The number of nitrogens with one attached hydrogen (secondary N) is 1. The third kappa shape index (κ3) is 2.49. The molecule has 0 saturated heterocycles. The summed E-state index contributed by atoms with van der Waals surface area (Å²) in [6.45, 7) is 6.14. The van der Waals surface area contributed by atoms with E-state index in [-0.39, 0.29) is 17.8 Å². The van der Waals surface area contributed by atoms with Crippen LogP contribution in [0.1, 0.15) is 37.8 Å². The largest absolute Gasteiger partial charge is 0.465 e. The van der Waals surface area contributed by atoms with E-state index < -0.39 is 5.92 Å². The molecular formula is C18H19N5O3. The van der Waals surface area contributed by atoms with Crippen molar-refractivity contribution in [1.82, 2.24) is 20.5 Å². The smallest absolute Gasteiger partial charge is 0.315 e. The first-order valence-corrected chi connectivity index (χ1v) is 8.61. The van der Waals surface area contributed by atoms with Crippen molar-refractivity contribution in [3.63, 3.8) is 0 Å². The van der Waals surface area contributed by atoms with Gasteiger partial charge in [-0.2, -0.15) is 5.10 Å². The highest BCUT2D eigenvalue weighted by Gasteiger charge is 2.43. The number of H-pyrrole nitrogens is 1. The number of ether oxygens (including phenoxy) is 1. The molecule has 1 aromatic carbocycles. The van der Waals surface area contributed by atoms with Gasteiger partial charge in [0.15, 0.2) is 5.82 Å². The van der Waals surface area contributed by atoms with Crippen LogP contribution in [0, 0.1) is 11.8 Å². The first-order chi connectivity index (χ1) is 12.6. The molecule has 26 heavy (non-hydrogen) atoms. The molecule has 2 unspecified atom stereocenters. The second-order valence-electron chi connectivity index (χ2n) is 6.55. The summed E-state index contributed by atoms with van der Waals surface area (Å²) in [6.07, 6.45) is 1.71. The second kappa shape index (κ2) is 6.36. The lowest BCUT2D eigenvalue weighted by molar-refractivity contribution is -0.146. The summed E-state index contributed by atoms with van der Waals surface area (Å²) in [4.78, 5) is 17.6. The topological polar surface area (TPSA) is 106 Å². The minimum Gasteiger partial charge on any atom is -0.465 e. The van der Waals surface area contributed by atoms with Gasteiger partial charge in [-0.1, -0.05) is 26.0 Å². The molecule has 0 bridgehead atoms. The number of rotatable bonds is 4. The van der Waals surface area contributed by atoms with Crippen LogP contribution in [0.3, 0.4) is 0 Å². The Kier molecular flexibility index (Phi) is 4.02. The Labute approximate surface area is 149 Å². The standard InChI is InChI=1S/C18H19N5O3/c1-4-25-18(24)14-13(10-6-5-7-12-16(10)23-26-22-12)11-8-19-21-17(11)20-15(14)9(2)3/h5-9,13-14H,4H2,1-3H3,(H,19,21). The van der Waals surface area contributed by atoms with Crippen LogP contribution >= 0.6 is 0 Å². The quantitative estimate of drug-likeness (QED) is 0.723. The van der Waals surface area contributed by atoms with Crippen molar-refractivity contribution in [3.05, 3.63) is 35.5 Å². The zero-order chi connectivity index (χ0) is 18.3. The van der Waals surface area contributed by atoms with Crippen LogP contribution in [0.2, 0.25) is 0 Å². The Morgan fingerprint density at radius 1 is 1.31 bits per heavy atom. The maximum atomic E-state index is 12.9. The van der Waals surface area contributed by atoms with Crippen molar-refractivity contribution < 1.29 is 14.2 Å². The highest BCUT2D eigenvalue weighted by molar-refractivity contribution is 6.07. The molecule has 1 N–H and O–H groups in total. The lowest BCUT2D eigenvalue weighted by Gasteiger charge is -2.31. The van der Waals surface area contributed by atoms with Crippen LogP contribution in [0.5, 0.6) is 0 Å². The van der Waals surface area contributed by atoms with Gasteiger partial charge in [-0.3, -0.25) is 9.89 Å². The Morgan fingerprint density at radius 3 is 2.92 bits per heavy atom. The average Bonchev–Trinajstić information content (AvgIpc) is 3.28. The van der Waals surface area contributed by atoms with Gasteiger partial charge in [-0.15, -0.1) is 0 Å². The van der Waals surface area contributed by atoms with E-state index in [1.807, 2.05) is 32.0 Å². The van der Waals surface area contributed by atoms with Crippen molar-refractivity contribution in [1.29, 1.82) is 0 Å². The maximum absolute atomic E-state index is 12.9. The molecule has 0 amide bonds. The highest BCUT2D eigenvalue weighted by Crippen LogP contribution is 2.44. The van der Waals surface area contributed by atoms with E-state index in [1.54, 1.807) is 13.1 Å². The molecule has 8 nitrogen and oxygen atoms in total. The first-order valence-electron chi connectivity index (χ1n) is 8.61. The number of benzene rings is 1. The molecule has 3 heterocycles. The minimum atomic E-state index is -0.553. The van der Waals surface area contributed by atoms with Gasteiger partial charge in [0.1, 0.15) is 17.0 Å². The van der Waals surface area contributed by atoms with Crippen LogP contribution in [-0.4, -0.2) is 38.8 Å². The Hall–Kier alpha value is -3.03. The van der Waals surface area contributed by atoms with Crippen molar-refractivity contribution in [3.8, 4) is 0 Å². The lowest BCUT2D eigenvalue weighted by Crippen LogP contribution is -2.37. The number of hydrogen-bond acceptors (Lipinski definition) is 7. The van der Waals surface area contributed by atoms with E-state index in [0.717, 1.165) is 16.8 Å². The number of fused-ring (bicyclic) bond motifs is 2. The molecule has 134 valence electrons. The van der Waals surface area contributed by atoms with Gasteiger partial charge in [0.05, 0.1) is 12.8 Å². The predicted molar refractivity (Wildman–Crippen MR) is 94.3 cm³/mol. The zero-order valence-corrected chi connectivity index (χ0v) is 14.8. The fourth-order valence-electron chi connectivity index (χ4n) is 3.56. The van der Waals surface area contributed by atoms with E-state index in [4.69, 9.17) is 9.37 Å². The molecule has 1 aliphatic rings. The molecule has 4 rings (SSSR count). The number of aromatic nitrogens is 4. The molecule has 3 aromatic rings. The third-order valence-electron chi connectivity index (χ3n) is 4.66. The van der Waals surface area contributed by atoms with Crippen molar-refractivity contribution >= 4 is 28.5 Å². The van der Waals surface area contributed by atoms with E-state index in [2.05, 4.69) is 25.5 Å². The van der Waals surface area contributed by atoms with Gasteiger partial charge in [-0.05, 0) is 34.8 Å². The summed E-state index contributed by atoms with van der Waals surface area (Å²) in [5, 5.41) is 15.0. The van der Waals surface area contributed by atoms with Gasteiger partial charge < -0.3 is 4.74 Å². The Balaban J connectivity index is 1.96. The van der Waals surface area contributed by atoms with E-state index in [9.17, 15) is 4.79 Å². The molecule has 0 radical (unpaired) electrons. The predicted octanol–water partition coefficient (Wildman–Crippen LogP) is 3.00. The Bertz CT molecular complexity index is 988. The van der Waals surface area contributed by atoms with Crippen LogP contribution in [-0.2, 0) is 9.53 Å². The molecule has 0 saturated carbocycles. The zero-order valence-electron chi connectivity index (χ0n) is 14.8. The molecule has 2 aromatic heterocycles. The summed E-state index contributed by atoms with van der Waals surface area (Å²) < 4.78 is 10.3. The molecule has 0 fully saturated rings. The number of carbonyl (C=O) groups is 1. The molecular weight excluding hydrogens is 334 g/mol. The van der Waals surface area contributed by atoms with E-state index >= 15 is 0 Å². The summed E-state index contributed by atoms with van der Waals surface area (Å²) in [5.74, 6) is -0.452. The van der Waals surface area contributed by atoms with Crippen molar-refractivity contribution in [2.45, 2.75) is 26.7 Å². The van der Waals surface area contributed by atoms with Gasteiger partial charge in [-0.25, -0.2) is 9.62 Å². The highest BCUT2D eigenvalue weighted by atomic mass is 16.6. The molecule has 8 heteroatoms. The van der Waals surface area contributed by atoms with Crippen LogP contribution in [0.25, 0.3) is 11.0 Å². The number of esters is 1. The van der Waals surface area contributed by atoms with Crippen LogP contribution in [0.15, 0.2) is 34.0 Å². The summed E-state index contributed by atoms with van der Waals surface area (Å²) in [5.41, 5.74) is 3.71. The van der Waals surface area contributed by atoms with Crippen LogP contribution < -0.4 is 0 Å². The van der Waals surface area contributed by atoms with E-state index in [0.29, 0.717) is 23.5 Å². The minimum absolute atomic E-state index is 0.0676. The summed E-state index contributed by atoms with van der Waals surface area (Å²) in [7, 11) is 0. The fraction of sp³-hybridized carbons (Fsp3) is 0.389. The van der Waals surface area contributed by atoms with Crippen molar-refractivity contribution in [2.24, 2.45) is 16.8 Å².